The van der Waals surface area contributed by atoms with Gasteiger partial charge in [-0.15, -0.1) is 0 Å². The van der Waals surface area contributed by atoms with Crippen molar-refractivity contribution < 1.29 is 0 Å². The van der Waals surface area contributed by atoms with E-state index >= 15 is 0 Å². The summed E-state index contributed by atoms with van der Waals surface area (Å²) >= 11 is 10.4. The van der Waals surface area contributed by atoms with Crippen LogP contribution in [0.15, 0.2) is 31.6 Å². The van der Waals surface area contributed by atoms with E-state index in [4.69, 9.17) is 0 Å². The molecule has 1 rings (SSSR count). The Balaban J connectivity index is 3.27. The van der Waals surface area contributed by atoms with Crippen molar-refractivity contribution in [3.05, 3.63) is 37.2 Å². The number of hydrogen-bond donors (Lipinski definition) is 0. The zero-order valence-electron chi connectivity index (χ0n) is 6.44. The lowest BCUT2D eigenvalue weighted by atomic mass is 10.2. The highest BCUT2D eigenvalue weighted by Crippen LogP contribution is 2.31. The fraction of sp³-hybridized carbons (Fsp3) is 0.111. The van der Waals surface area contributed by atoms with Crippen LogP contribution in [0.2, 0.25) is 0 Å². The van der Waals surface area contributed by atoms with E-state index in [1.54, 1.807) is 0 Å². The third-order valence-corrected chi connectivity index (χ3v) is 3.87. The molecular formula is C9H7Br3. The summed E-state index contributed by atoms with van der Waals surface area (Å²) in [6.45, 7) is 2.00. The molecule has 0 bridgehead atoms. The number of halogens is 3. The van der Waals surface area contributed by atoms with Crippen LogP contribution in [0.5, 0.6) is 0 Å². The van der Waals surface area contributed by atoms with E-state index in [0.29, 0.717) is 0 Å². The zero-order chi connectivity index (χ0) is 9.14. The predicted molar refractivity (Wildman–Crippen MR) is 64.3 cm³/mol. The van der Waals surface area contributed by atoms with Crippen LogP contribution in [-0.2, 0) is 0 Å². The van der Waals surface area contributed by atoms with Crippen LogP contribution < -0.4 is 0 Å². The third-order valence-electron chi connectivity index (χ3n) is 1.37. The molecule has 0 nitrogen and oxygen atoms in total. The monoisotopic (exact) mass is 352 g/mol. The Morgan fingerprint density at radius 3 is 2.42 bits per heavy atom. The second kappa shape index (κ2) is 4.58. The van der Waals surface area contributed by atoms with Crippen LogP contribution in [0.1, 0.15) is 12.5 Å². The van der Waals surface area contributed by atoms with Crippen LogP contribution in [-0.4, -0.2) is 0 Å². The molecule has 0 spiro atoms. The van der Waals surface area contributed by atoms with E-state index in [0.717, 1.165) is 13.4 Å². The van der Waals surface area contributed by atoms with Gasteiger partial charge in [0.05, 0.1) is 0 Å². The minimum atomic E-state index is 1.06. The number of rotatable bonds is 1. The number of allylic oxidation sites excluding steroid dienone is 1. The molecule has 3 heteroatoms. The van der Waals surface area contributed by atoms with Gasteiger partial charge in [-0.2, -0.15) is 0 Å². The molecule has 0 aliphatic heterocycles. The zero-order valence-corrected chi connectivity index (χ0v) is 11.2. The van der Waals surface area contributed by atoms with Gasteiger partial charge in [-0.1, -0.05) is 28.1 Å². The average molecular weight is 355 g/mol. The van der Waals surface area contributed by atoms with E-state index in [-0.39, 0.29) is 0 Å². The smallest absolute Gasteiger partial charge is 0.0390 e. The summed E-state index contributed by atoms with van der Waals surface area (Å²) in [6, 6.07) is 4.08. The fourth-order valence-corrected chi connectivity index (χ4v) is 2.50. The van der Waals surface area contributed by atoms with Crippen molar-refractivity contribution >= 4 is 53.9 Å². The van der Waals surface area contributed by atoms with E-state index in [1.807, 2.05) is 19.1 Å². The molecule has 0 aliphatic carbocycles. The maximum absolute atomic E-state index is 3.50. The fourth-order valence-electron chi connectivity index (χ4n) is 0.877. The van der Waals surface area contributed by atoms with Crippen molar-refractivity contribution in [3.63, 3.8) is 0 Å². The molecule has 0 heterocycles. The van der Waals surface area contributed by atoms with Gasteiger partial charge < -0.3 is 0 Å². The molecule has 0 aromatic heterocycles. The lowest BCUT2D eigenvalue weighted by Gasteiger charge is -2.02. The largest absolute Gasteiger partial charge is 0.0870 e. The maximum atomic E-state index is 3.50. The van der Waals surface area contributed by atoms with Crippen LogP contribution in [0, 0.1) is 0 Å². The topological polar surface area (TPSA) is 0 Å². The minimum absolute atomic E-state index is 1.06. The standard InChI is InChI=1S/C9H7Br3/c1-2-3-6-4-7(10)5-8(11)9(6)12/h2-5H,1H3. The van der Waals surface area contributed by atoms with Gasteiger partial charge in [0.25, 0.3) is 0 Å². The molecule has 0 fully saturated rings. The van der Waals surface area contributed by atoms with Crippen LogP contribution in [0.4, 0.5) is 0 Å². The first-order valence-corrected chi connectivity index (χ1v) is 5.80. The summed E-state index contributed by atoms with van der Waals surface area (Å²) in [7, 11) is 0. The van der Waals surface area contributed by atoms with Crippen molar-refractivity contribution in [1.29, 1.82) is 0 Å². The second-order valence-electron chi connectivity index (χ2n) is 2.29. The SMILES string of the molecule is CC=Cc1cc(Br)cc(Br)c1Br. The summed E-state index contributed by atoms with van der Waals surface area (Å²) in [5.41, 5.74) is 1.17. The van der Waals surface area contributed by atoms with E-state index < -0.39 is 0 Å². The van der Waals surface area contributed by atoms with Gasteiger partial charge in [-0.3, -0.25) is 0 Å². The number of benzene rings is 1. The Kier molecular flexibility index (Phi) is 4.00. The highest BCUT2D eigenvalue weighted by molar-refractivity contribution is 9.13. The summed E-state index contributed by atoms with van der Waals surface area (Å²) < 4.78 is 3.22. The van der Waals surface area contributed by atoms with Gasteiger partial charge in [0.1, 0.15) is 0 Å². The van der Waals surface area contributed by atoms with Gasteiger partial charge in [-0.05, 0) is 56.5 Å². The molecule has 1 aromatic rings. The normalized spacial score (nSPS) is 11.0. The Morgan fingerprint density at radius 1 is 1.17 bits per heavy atom. The summed E-state index contributed by atoms with van der Waals surface area (Å²) in [6.07, 6.45) is 4.07. The Labute approximate surface area is 97.4 Å². The Morgan fingerprint density at radius 2 is 1.83 bits per heavy atom. The molecule has 0 amide bonds. The van der Waals surface area contributed by atoms with Crippen molar-refractivity contribution in [2.45, 2.75) is 6.92 Å². The van der Waals surface area contributed by atoms with Crippen LogP contribution in [0.3, 0.4) is 0 Å². The van der Waals surface area contributed by atoms with E-state index in [1.165, 1.54) is 5.56 Å². The Hall–Kier alpha value is 0.400. The van der Waals surface area contributed by atoms with Gasteiger partial charge in [-0.25, -0.2) is 0 Å². The third kappa shape index (κ3) is 2.44. The molecule has 0 radical (unpaired) electrons. The molecule has 0 aliphatic rings. The van der Waals surface area contributed by atoms with Gasteiger partial charge in [0.2, 0.25) is 0 Å². The average Bonchev–Trinajstić information content (AvgIpc) is 2.00. The highest BCUT2D eigenvalue weighted by Gasteiger charge is 2.02. The summed E-state index contributed by atoms with van der Waals surface area (Å²) in [5.74, 6) is 0. The number of hydrogen-bond acceptors (Lipinski definition) is 0. The molecule has 1 aromatic carbocycles. The molecule has 0 unspecified atom stereocenters. The molecule has 0 saturated carbocycles. The lowest BCUT2D eigenvalue weighted by molar-refractivity contribution is 1.51. The van der Waals surface area contributed by atoms with Crippen molar-refractivity contribution in [2.24, 2.45) is 0 Å². The summed E-state index contributed by atoms with van der Waals surface area (Å²) in [5, 5.41) is 0. The second-order valence-corrected chi connectivity index (χ2v) is 4.85. The first-order chi connectivity index (χ1) is 5.65. The van der Waals surface area contributed by atoms with Gasteiger partial charge in [0.15, 0.2) is 0 Å². The molecule has 0 saturated heterocycles. The van der Waals surface area contributed by atoms with Gasteiger partial charge >= 0.3 is 0 Å². The first-order valence-electron chi connectivity index (χ1n) is 3.42. The lowest BCUT2D eigenvalue weighted by Crippen LogP contribution is -1.78. The van der Waals surface area contributed by atoms with E-state index in [2.05, 4.69) is 59.9 Å². The van der Waals surface area contributed by atoms with Crippen LogP contribution in [0.25, 0.3) is 6.08 Å². The van der Waals surface area contributed by atoms with Crippen molar-refractivity contribution in [1.82, 2.24) is 0 Å². The molecule has 0 atom stereocenters. The van der Waals surface area contributed by atoms with Crippen molar-refractivity contribution in [3.8, 4) is 0 Å². The van der Waals surface area contributed by atoms with E-state index in [9.17, 15) is 0 Å². The molecule has 12 heavy (non-hydrogen) atoms. The first kappa shape index (κ1) is 10.5. The minimum Gasteiger partial charge on any atom is -0.0870 e. The van der Waals surface area contributed by atoms with Crippen LogP contribution >= 0.6 is 47.8 Å². The summed E-state index contributed by atoms with van der Waals surface area (Å²) in [4.78, 5) is 0. The molecule has 64 valence electrons. The Bertz CT molecular complexity index is 316. The van der Waals surface area contributed by atoms with Crippen molar-refractivity contribution in [2.75, 3.05) is 0 Å². The predicted octanol–water partition coefficient (Wildman–Crippen LogP) is 5.01. The molecular weight excluding hydrogens is 348 g/mol. The maximum Gasteiger partial charge on any atom is 0.0390 e. The molecule has 0 N–H and O–H groups in total. The quantitative estimate of drug-likeness (QED) is 0.622. The highest BCUT2D eigenvalue weighted by atomic mass is 79.9. The van der Waals surface area contributed by atoms with Gasteiger partial charge in [0, 0.05) is 13.4 Å².